The summed E-state index contributed by atoms with van der Waals surface area (Å²) in [5.74, 6) is -0.0841. The second-order valence-electron chi connectivity index (χ2n) is 8.97. The van der Waals surface area contributed by atoms with Gasteiger partial charge in [0.2, 0.25) is 5.91 Å². The van der Waals surface area contributed by atoms with Crippen molar-refractivity contribution in [1.29, 1.82) is 0 Å². The molecule has 3 heterocycles. The Morgan fingerprint density at radius 1 is 0.970 bits per heavy atom. The third-order valence-electron chi connectivity index (χ3n) is 7.06. The number of hydrogen-bond donors (Lipinski definition) is 1. The minimum Gasteiger partial charge on any atom is -0.358 e. The summed E-state index contributed by atoms with van der Waals surface area (Å²) >= 11 is 0. The van der Waals surface area contributed by atoms with Crippen molar-refractivity contribution in [2.75, 3.05) is 13.1 Å². The van der Waals surface area contributed by atoms with Crippen molar-refractivity contribution in [3.8, 4) is 0 Å². The number of aromatic nitrogens is 1. The Morgan fingerprint density at radius 3 is 2.58 bits per heavy atom. The highest BCUT2D eigenvalue weighted by molar-refractivity contribution is 6.02. The lowest BCUT2D eigenvalue weighted by atomic mass is 9.95. The molecule has 0 aliphatic carbocycles. The Labute approximate surface area is 192 Å². The van der Waals surface area contributed by atoms with E-state index in [0.29, 0.717) is 18.7 Å². The highest BCUT2D eigenvalue weighted by Gasteiger charge is 2.41. The summed E-state index contributed by atoms with van der Waals surface area (Å²) in [7, 11) is 0. The first-order valence-corrected chi connectivity index (χ1v) is 11.4. The largest absolute Gasteiger partial charge is 0.358 e. The Hall–Kier alpha value is -3.86. The van der Waals surface area contributed by atoms with Crippen molar-refractivity contribution in [1.82, 2.24) is 14.8 Å². The van der Waals surface area contributed by atoms with E-state index < -0.39 is 0 Å². The molecule has 1 N–H and O–H groups in total. The van der Waals surface area contributed by atoms with Crippen molar-refractivity contribution in [3.63, 3.8) is 0 Å². The molecule has 1 atom stereocenters. The molecule has 0 saturated carbocycles. The fourth-order valence-electron chi connectivity index (χ4n) is 5.45. The van der Waals surface area contributed by atoms with Crippen LogP contribution in [0.4, 0.5) is 0 Å². The number of nitrogens with one attached hydrogen (secondary N) is 1. The molecule has 0 saturated heterocycles. The van der Waals surface area contributed by atoms with Crippen LogP contribution >= 0.6 is 0 Å². The molecule has 164 valence electrons. The Kier molecular flexibility index (Phi) is 4.57. The molecule has 2 amide bonds. The van der Waals surface area contributed by atoms with Crippen LogP contribution in [0.1, 0.15) is 44.3 Å². The van der Waals surface area contributed by atoms with Crippen LogP contribution < -0.4 is 0 Å². The first kappa shape index (κ1) is 19.8. The van der Waals surface area contributed by atoms with Crippen LogP contribution in [0.3, 0.4) is 0 Å². The van der Waals surface area contributed by atoms with Crippen molar-refractivity contribution in [3.05, 3.63) is 106 Å². The molecule has 5 nitrogen and oxygen atoms in total. The fourth-order valence-corrected chi connectivity index (χ4v) is 5.45. The number of carbonyl (C=O) groups excluding carboxylic acids is 2. The second kappa shape index (κ2) is 7.62. The van der Waals surface area contributed by atoms with Crippen LogP contribution in [0.15, 0.2) is 72.8 Å². The lowest BCUT2D eigenvalue weighted by molar-refractivity contribution is -0.133. The summed E-state index contributed by atoms with van der Waals surface area (Å²) in [4.78, 5) is 34.1. The van der Waals surface area contributed by atoms with E-state index in [1.165, 1.54) is 11.1 Å². The van der Waals surface area contributed by atoms with Gasteiger partial charge in [0.1, 0.15) is 6.54 Å². The topological polar surface area (TPSA) is 56.4 Å². The van der Waals surface area contributed by atoms with Gasteiger partial charge in [-0.2, -0.15) is 0 Å². The summed E-state index contributed by atoms with van der Waals surface area (Å²) in [5.41, 5.74) is 7.28. The van der Waals surface area contributed by atoms with E-state index in [1.807, 2.05) is 60.4 Å². The first-order chi connectivity index (χ1) is 16.1. The molecule has 4 aromatic rings. The lowest BCUT2D eigenvalue weighted by Gasteiger charge is -2.32. The molecular formula is C28H25N3O2. The molecule has 3 aromatic carbocycles. The van der Waals surface area contributed by atoms with Gasteiger partial charge in [0.25, 0.3) is 5.91 Å². The van der Waals surface area contributed by atoms with Gasteiger partial charge in [0.05, 0.1) is 6.04 Å². The van der Waals surface area contributed by atoms with Gasteiger partial charge in [0, 0.05) is 40.8 Å². The summed E-state index contributed by atoms with van der Waals surface area (Å²) < 4.78 is 0. The number of aryl methyl sites for hydroxylation is 1. The Balaban J connectivity index is 1.37. The maximum atomic E-state index is 13.5. The highest BCUT2D eigenvalue weighted by Crippen LogP contribution is 2.42. The number of fused-ring (bicyclic) bond motifs is 3. The number of nitrogens with zero attached hydrogens (tertiary/aromatic N) is 2. The quantitative estimate of drug-likeness (QED) is 0.511. The van der Waals surface area contributed by atoms with Gasteiger partial charge in [0.15, 0.2) is 0 Å². The van der Waals surface area contributed by atoms with Crippen molar-refractivity contribution < 1.29 is 9.59 Å². The van der Waals surface area contributed by atoms with Crippen molar-refractivity contribution >= 4 is 22.7 Å². The monoisotopic (exact) mass is 435 g/mol. The van der Waals surface area contributed by atoms with Gasteiger partial charge in [-0.1, -0.05) is 60.7 Å². The molecule has 1 aromatic heterocycles. The van der Waals surface area contributed by atoms with E-state index in [0.717, 1.165) is 34.1 Å². The molecule has 2 aliphatic heterocycles. The van der Waals surface area contributed by atoms with E-state index in [9.17, 15) is 9.59 Å². The van der Waals surface area contributed by atoms with Gasteiger partial charge in [-0.15, -0.1) is 0 Å². The average molecular weight is 436 g/mol. The number of hydrogen-bond acceptors (Lipinski definition) is 2. The molecule has 33 heavy (non-hydrogen) atoms. The van der Waals surface area contributed by atoms with Crippen LogP contribution in [-0.4, -0.2) is 39.7 Å². The predicted molar refractivity (Wildman–Crippen MR) is 128 cm³/mol. The maximum absolute atomic E-state index is 13.5. The molecule has 6 rings (SSSR count). The summed E-state index contributed by atoms with van der Waals surface area (Å²) in [5, 5.41) is 1.09. The zero-order valence-corrected chi connectivity index (χ0v) is 18.5. The molecular weight excluding hydrogens is 410 g/mol. The molecule has 0 bridgehead atoms. The number of benzene rings is 3. The van der Waals surface area contributed by atoms with Gasteiger partial charge >= 0.3 is 0 Å². The van der Waals surface area contributed by atoms with Gasteiger partial charge in [-0.3, -0.25) is 9.59 Å². The highest BCUT2D eigenvalue weighted by atomic mass is 16.2. The molecule has 0 radical (unpaired) electrons. The predicted octanol–water partition coefficient (Wildman–Crippen LogP) is 4.61. The maximum Gasteiger partial charge on any atom is 0.255 e. The molecule has 2 aliphatic rings. The van der Waals surface area contributed by atoms with Crippen LogP contribution in [0.25, 0.3) is 10.9 Å². The van der Waals surface area contributed by atoms with Gasteiger partial charge < -0.3 is 14.8 Å². The zero-order valence-electron chi connectivity index (χ0n) is 18.5. The number of carbonyl (C=O) groups is 2. The fraction of sp³-hybridized carbons (Fsp3) is 0.214. The molecule has 0 spiro atoms. The second-order valence-corrected chi connectivity index (χ2v) is 8.97. The summed E-state index contributed by atoms with van der Waals surface area (Å²) in [6.45, 7) is 3.39. The number of amides is 2. The van der Waals surface area contributed by atoms with E-state index in [-0.39, 0.29) is 24.4 Å². The van der Waals surface area contributed by atoms with Crippen molar-refractivity contribution in [2.24, 2.45) is 0 Å². The Morgan fingerprint density at radius 2 is 1.70 bits per heavy atom. The normalized spacial score (nSPS) is 17.4. The van der Waals surface area contributed by atoms with Gasteiger partial charge in [-0.05, 0) is 42.2 Å². The standard InChI is InChI=1S/C28H25N3O2/c1-18-26(23-12-6-7-13-24(23)29-18)27-21-10-4-5-11-22(21)28(33)31(27)17-25(32)30-15-14-19-8-2-3-9-20(19)16-30/h2-13,27,29H,14-17H2,1H3. The van der Waals surface area contributed by atoms with Crippen LogP contribution in [0.5, 0.6) is 0 Å². The smallest absolute Gasteiger partial charge is 0.255 e. The minimum atomic E-state index is -0.286. The van der Waals surface area contributed by atoms with Crippen molar-refractivity contribution in [2.45, 2.75) is 25.9 Å². The summed E-state index contributed by atoms with van der Waals surface area (Å²) in [6, 6.07) is 23.9. The van der Waals surface area contributed by atoms with Crippen LogP contribution in [0.2, 0.25) is 0 Å². The van der Waals surface area contributed by atoms with Gasteiger partial charge in [-0.25, -0.2) is 0 Å². The van der Waals surface area contributed by atoms with E-state index in [4.69, 9.17) is 0 Å². The molecule has 1 unspecified atom stereocenters. The van der Waals surface area contributed by atoms with E-state index >= 15 is 0 Å². The Bertz CT molecular complexity index is 1400. The van der Waals surface area contributed by atoms with E-state index in [1.54, 1.807) is 4.90 Å². The minimum absolute atomic E-state index is 0.00634. The molecule has 0 fully saturated rings. The average Bonchev–Trinajstić information content (AvgIpc) is 3.31. The first-order valence-electron chi connectivity index (χ1n) is 11.4. The lowest BCUT2D eigenvalue weighted by Crippen LogP contribution is -2.44. The molecule has 5 heteroatoms. The zero-order chi connectivity index (χ0) is 22.5. The number of H-pyrrole nitrogens is 1. The van der Waals surface area contributed by atoms with Crippen LogP contribution in [0, 0.1) is 6.92 Å². The number of para-hydroxylation sites is 1. The summed E-state index contributed by atoms with van der Waals surface area (Å²) in [6.07, 6.45) is 0.848. The SMILES string of the molecule is Cc1[nH]c2ccccc2c1C1c2ccccc2C(=O)N1CC(=O)N1CCc2ccccc2C1. The van der Waals surface area contributed by atoms with E-state index in [2.05, 4.69) is 29.2 Å². The number of rotatable bonds is 3. The third kappa shape index (κ3) is 3.15. The number of aromatic amines is 1. The van der Waals surface area contributed by atoms with Crippen LogP contribution in [-0.2, 0) is 17.8 Å². The third-order valence-corrected chi connectivity index (χ3v) is 7.06.